The van der Waals surface area contributed by atoms with Gasteiger partial charge in [0.25, 0.3) is 5.69 Å². The van der Waals surface area contributed by atoms with Gasteiger partial charge in [-0.3, -0.25) is 0 Å². The number of carbonyl (C=O) groups excluding carboxylic acids is 1. The molecule has 72 heavy (non-hydrogen) atoms. The number of benzene rings is 7. The zero-order chi connectivity index (χ0) is 53.0. The van der Waals surface area contributed by atoms with Crippen LogP contribution >= 0.6 is 11.6 Å². The van der Waals surface area contributed by atoms with Crippen molar-refractivity contribution in [3.63, 3.8) is 0 Å². The third-order valence-corrected chi connectivity index (χ3v) is 11.3. The van der Waals surface area contributed by atoms with E-state index in [1.807, 2.05) is 65.2 Å². The van der Waals surface area contributed by atoms with Gasteiger partial charge in [0.2, 0.25) is 5.52 Å². The number of fused-ring (bicyclic) bond motifs is 1. The lowest BCUT2D eigenvalue weighted by Gasteiger charge is -2.44. The van der Waals surface area contributed by atoms with Crippen molar-refractivity contribution < 1.29 is 102 Å². The average molecular weight is 1050 g/mol. The van der Waals surface area contributed by atoms with Gasteiger partial charge in [-0.2, -0.15) is 4.57 Å². The summed E-state index contributed by atoms with van der Waals surface area (Å²) in [5, 5.41) is 1.59. The standard InChI is InChI=1S/C24BF20.C23H17ClNO2/c26-5-1(6(27)14(35)21(42)13(5)34)25(2-7(28)15(36)22(43)16(37)8(2)29,3-9(30)17(38)23(44)18(39)10(3)31)4-11(32)19(40)24(45)20(41)12(4)33;24-19-10-6-11-20(15-19)27-23(26)22-14-13-18-9-4-5-12-21(18)25(22)16-17-7-2-1-3-8-17/h;1-15H,16H2/q-1;+1. The monoisotopic (exact) mass is 1050 g/mol. The molecular weight excluding hydrogens is 1040 g/mol. The molecule has 0 N–H and O–H groups in total. The van der Waals surface area contributed by atoms with Crippen LogP contribution in [0.1, 0.15) is 16.1 Å². The number of nitrogens with zero attached hydrogens (tertiary/aromatic N) is 1. The fourth-order valence-corrected chi connectivity index (χ4v) is 8.12. The maximum atomic E-state index is 15.4. The fraction of sp³-hybridized carbons (Fsp3) is 0.0213. The number of carbonyl (C=O) groups is 1. The Morgan fingerprint density at radius 2 is 0.750 bits per heavy atom. The van der Waals surface area contributed by atoms with Crippen LogP contribution in [0.5, 0.6) is 5.75 Å². The highest BCUT2D eigenvalue weighted by Crippen LogP contribution is 2.31. The number of pyridine rings is 1. The minimum atomic E-state index is -7.22. The van der Waals surface area contributed by atoms with Gasteiger partial charge in [-0.1, -0.05) is 60.1 Å². The zero-order valence-electron chi connectivity index (χ0n) is 34.6. The number of ether oxygens (including phenoxy) is 1. The number of esters is 1. The van der Waals surface area contributed by atoms with E-state index < -0.39 is 150 Å². The molecule has 0 unspecified atom stereocenters. The summed E-state index contributed by atoms with van der Waals surface area (Å²) < 4.78 is 301. The first-order chi connectivity index (χ1) is 33.9. The van der Waals surface area contributed by atoms with Crippen molar-refractivity contribution in [3.8, 4) is 5.75 Å². The van der Waals surface area contributed by atoms with Crippen LogP contribution in [-0.4, -0.2) is 12.1 Å². The van der Waals surface area contributed by atoms with Crippen LogP contribution in [0.3, 0.4) is 0 Å². The van der Waals surface area contributed by atoms with Gasteiger partial charge in [0.15, 0.2) is 76.4 Å². The van der Waals surface area contributed by atoms with E-state index in [1.165, 1.54) is 0 Å². The van der Waals surface area contributed by atoms with Crippen LogP contribution in [0.15, 0.2) is 91.0 Å². The first-order valence-electron chi connectivity index (χ1n) is 19.6. The fourth-order valence-electron chi connectivity index (χ4n) is 7.94. The highest BCUT2D eigenvalue weighted by Gasteiger charge is 2.52. The largest absolute Gasteiger partial charge is 0.419 e. The molecule has 0 spiro atoms. The van der Waals surface area contributed by atoms with Gasteiger partial charge in [-0.05, 0) is 30.3 Å². The molecule has 25 heteroatoms. The van der Waals surface area contributed by atoms with Crippen LogP contribution in [0.4, 0.5) is 87.8 Å². The Labute approximate surface area is 393 Å². The second kappa shape index (κ2) is 19.9. The molecule has 3 nitrogen and oxygen atoms in total. The lowest BCUT2D eigenvalue weighted by Crippen LogP contribution is -2.81. The number of hydrogen-bond acceptors (Lipinski definition) is 2. The molecule has 0 aliphatic heterocycles. The second-order valence-corrected chi connectivity index (χ2v) is 15.4. The summed E-state index contributed by atoms with van der Waals surface area (Å²) in [5.41, 5.74) is -11.8. The molecule has 0 aliphatic rings. The van der Waals surface area contributed by atoms with Gasteiger partial charge >= 0.3 is 5.97 Å². The summed E-state index contributed by atoms with van der Waals surface area (Å²) in [6.45, 7) is 0.572. The van der Waals surface area contributed by atoms with Crippen molar-refractivity contribution in [3.05, 3.63) is 224 Å². The number of hydrogen-bond donors (Lipinski definition) is 0. The Balaban J connectivity index is 0.000000238. The van der Waals surface area contributed by atoms with Crippen molar-refractivity contribution >= 4 is 56.5 Å². The van der Waals surface area contributed by atoms with Crippen molar-refractivity contribution in [2.24, 2.45) is 0 Å². The van der Waals surface area contributed by atoms with Crippen molar-refractivity contribution in [2.75, 3.05) is 0 Å². The Morgan fingerprint density at radius 3 is 1.12 bits per heavy atom. The maximum Gasteiger partial charge on any atom is 0.409 e. The first-order valence-corrected chi connectivity index (χ1v) is 20.0. The van der Waals surface area contributed by atoms with E-state index in [0.717, 1.165) is 16.5 Å². The van der Waals surface area contributed by atoms with Crippen molar-refractivity contribution in [1.82, 2.24) is 0 Å². The number of rotatable bonds is 8. The van der Waals surface area contributed by atoms with Gasteiger partial charge in [-0.15, -0.1) is 21.9 Å². The molecule has 0 bridgehead atoms. The van der Waals surface area contributed by atoms with E-state index in [-0.39, 0.29) is 0 Å². The lowest BCUT2D eigenvalue weighted by molar-refractivity contribution is -0.664. The number of para-hydroxylation sites is 1. The highest BCUT2D eigenvalue weighted by atomic mass is 35.5. The molecule has 1 heterocycles. The molecule has 372 valence electrons. The maximum absolute atomic E-state index is 15.4. The van der Waals surface area contributed by atoms with Crippen molar-refractivity contribution in [2.45, 2.75) is 6.54 Å². The molecule has 8 aromatic rings. The summed E-state index contributed by atoms with van der Waals surface area (Å²) in [7, 11) is 0. The molecule has 0 atom stereocenters. The Kier molecular flexibility index (Phi) is 14.4. The minimum Gasteiger partial charge on any atom is -0.419 e. The van der Waals surface area contributed by atoms with Gasteiger partial charge < -0.3 is 4.74 Å². The van der Waals surface area contributed by atoms with Crippen LogP contribution in [-0.2, 0) is 6.54 Å². The molecule has 7 aromatic carbocycles. The quantitative estimate of drug-likeness (QED) is 0.0289. The van der Waals surface area contributed by atoms with Gasteiger partial charge in [0.1, 0.15) is 58.4 Å². The van der Waals surface area contributed by atoms with Gasteiger partial charge in [0.05, 0.1) is 0 Å². The molecule has 0 fully saturated rings. The number of aromatic nitrogens is 1. The van der Waals surface area contributed by atoms with Gasteiger partial charge in [-0.25, -0.2) is 92.6 Å². The van der Waals surface area contributed by atoms with E-state index in [0.29, 0.717) is 23.0 Å². The Hall–Kier alpha value is -7.63. The van der Waals surface area contributed by atoms with Crippen LogP contribution in [0.2, 0.25) is 5.02 Å². The van der Waals surface area contributed by atoms with Crippen LogP contribution in [0, 0.1) is 116 Å². The van der Waals surface area contributed by atoms with E-state index in [2.05, 4.69) is 0 Å². The molecule has 0 amide bonds. The third kappa shape index (κ3) is 8.49. The minimum absolute atomic E-state index is 0.418. The van der Waals surface area contributed by atoms with E-state index in [4.69, 9.17) is 16.3 Å². The topological polar surface area (TPSA) is 30.2 Å². The third-order valence-electron chi connectivity index (χ3n) is 11.0. The summed E-state index contributed by atoms with van der Waals surface area (Å²) >= 11 is 5.99. The molecule has 0 saturated heterocycles. The van der Waals surface area contributed by atoms with Gasteiger partial charge in [0, 0.05) is 28.1 Å². The second-order valence-electron chi connectivity index (χ2n) is 15.0. The summed E-state index contributed by atoms with van der Waals surface area (Å²) in [6.07, 6.45) is -7.22. The van der Waals surface area contributed by atoms with E-state index in [9.17, 15) is 57.5 Å². The van der Waals surface area contributed by atoms with Crippen molar-refractivity contribution in [1.29, 1.82) is 0 Å². The average Bonchev–Trinajstić information content (AvgIpc) is 3.36. The SMILES string of the molecule is Fc1c(F)c(F)c([B-](c2c(F)c(F)c(F)c(F)c2F)(c2c(F)c(F)c(F)c(F)c2F)c2c(F)c(F)c(F)c(F)c2F)c(F)c1F.O=C(Oc1cccc(Cl)c1)c1ccc2ccccc2[n+]1Cc1ccccc1. The molecule has 0 radical (unpaired) electrons. The van der Waals surface area contributed by atoms with Crippen LogP contribution in [0.25, 0.3) is 10.9 Å². The predicted octanol–water partition coefficient (Wildman–Crippen LogP) is 10.9. The number of halogens is 21. The molecule has 8 rings (SSSR count). The smallest absolute Gasteiger partial charge is 0.409 e. The normalized spacial score (nSPS) is 11.5. The Morgan fingerprint density at radius 1 is 0.403 bits per heavy atom. The molecular formula is C47H17BClF20NO2. The summed E-state index contributed by atoms with van der Waals surface area (Å²) in [6, 6.07) is 28.6. The summed E-state index contributed by atoms with van der Waals surface area (Å²) in [5.74, 6) is -71.4. The van der Waals surface area contributed by atoms with E-state index >= 15 is 35.1 Å². The predicted molar refractivity (Wildman–Crippen MR) is 215 cm³/mol. The first kappa shape index (κ1) is 52.2. The highest BCUT2D eigenvalue weighted by molar-refractivity contribution is 7.20. The van der Waals surface area contributed by atoms with Crippen LogP contribution < -0.4 is 31.2 Å². The lowest BCUT2D eigenvalue weighted by atomic mass is 9.12. The zero-order valence-corrected chi connectivity index (χ0v) is 35.4. The molecule has 0 saturated carbocycles. The Bertz CT molecular complexity index is 3150. The summed E-state index contributed by atoms with van der Waals surface area (Å²) in [4.78, 5) is 12.9. The van der Waals surface area contributed by atoms with E-state index in [1.54, 1.807) is 30.3 Å². The molecule has 0 aliphatic carbocycles. The molecule has 1 aromatic heterocycles.